The van der Waals surface area contributed by atoms with E-state index in [1.807, 2.05) is 5.73 Å². The fourth-order valence-corrected chi connectivity index (χ4v) is 1.18. The van der Waals surface area contributed by atoms with Gasteiger partial charge in [0.25, 0.3) is 0 Å². The van der Waals surface area contributed by atoms with Crippen LogP contribution in [-0.4, -0.2) is 11.3 Å². The summed E-state index contributed by atoms with van der Waals surface area (Å²) in [5, 5.41) is 9.50. The molecule has 1 atom stereocenters. The van der Waals surface area contributed by atoms with Gasteiger partial charge in [0.1, 0.15) is 5.82 Å². The minimum Gasteiger partial charge on any atom is -0.372 e. The minimum absolute atomic E-state index is 0.389. The van der Waals surface area contributed by atoms with Crippen molar-refractivity contribution in [2.75, 3.05) is 0 Å². The maximum atomic E-state index is 12.6. The van der Waals surface area contributed by atoms with Crippen molar-refractivity contribution in [3.05, 3.63) is 54.0 Å². The Morgan fingerprint density at radius 2 is 1.69 bits per heavy atom. The molecule has 0 spiro atoms. The molecule has 5 heteroatoms. The molecule has 0 amide bonds. The largest absolute Gasteiger partial charge is 0.425 e. The Bertz CT molecular complexity index is 415. The van der Waals surface area contributed by atoms with Crippen LogP contribution in [0.1, 0.15) is 5.56 Å². The summed E-state index contributed by atoms with van der Waals surface area (Å²) < 4.78 is 50.5. The molecule has 0 heterocycles. The standard InChI is InChI=1S/C11H8F4O/c1-2-7-10(16,11(13,14)15)8-3-5-9(12)6-4-8/h3-7,16H,1H2/t10-/m1/s1. The SMILES string of the molecule is C=C=C[C@@](O)(c1ccc(F)cc1)C(F)(F)F. The van der Waals surface area contributed by atoms with E-state index in [1.54, 1.807) is 0 Å². The molecule has 1 rings (SSSR count). The van der Waals surface area contributed by atoms with Crippen LogP contribution < -0.4 is 0 Å². The van der Waals surface area contributed by atoms with Crippen molar-refractivity contribution >= 4 is 0 Å². The number of hydrogen-bond acceptors (Lipinski definition) is 1. The summed E-state index contributed by atoms with van der Waals surface area (Å²) in [6.07, 6.45) is -4.53. The first kappa shape index (κ1) is 12.5. The Labute approximate surface area is 89.3 Å². The van der Waals surface area contributed by atoms with Gasteiger partial charge < -0.3 is 5.11 Å². The first-order chi connectivity index (χ1) is 7.31. The summed E-state index contributed by atoms with van der Waals surface area (Å²) in [7, 11) is 0. The molecule has 0 aliphatic carbocycles. The average Bonchev–Trinajstić information content (AvgIpc) is 2.17. The van der Waals surface area contributed by atoms with Crippen LogP contribution in [0.3, 0.4) is 0 Å². The van der Waals surface area contributed by atoms with E-state index in [0.717, 1.165) is 24.3 Å². The van der Waals surface area contributed by atoms with Crippen molar-refractivity contribution in [1.82, 2.24) is 0 Å². The van der Waals surface area contributed by atoms with Crippen LogP contribution in [0, 0.1) is 5.82 Å². The molecule has 0 bridgehead atoms. The molecule has 0 aliphatic heterocycles. The Hall–Kier alpha value is -1.58. The van der Waals surface area contributed by atoms with Gasteiger partial charge in [0, 0.05) is 6.08 Å². The summed E-state index contributed by atoms with van der Waals surface area (Å²) in [5.74, 6) is -0.684. The Morgan fingerprint density at radius 1 is 1.19 bits per heavy atom. The van der Waals surface area contributed by atoms with Crippen LogP contribution in [0.15, 0.2) is 42.7 Å². The van der Waals surface area contributed by atoms with E-state index in [-0.39, 0.29) is 0 Å². The molecule has 1 N–H and O–H groups in total. The maximum Gasteiger partial charge on any atom is 0.425 e. The van der Waals surface area contributed by atoms with Gasteiger partial charge in [-0.1, -0.05) is 18.7 Å². The van der Waals surface area contributed by atoms with Crippen LogP contribution in [0.2, 0.25) is 0 Å². The van der Waals surface area contributed by atoms with Crippen LogP contribution >= 0.6 is 0 Å². The summed E-state index contributed by atoms with van der Waals surface area (Å²) in [6, 6.07) is 3.39. The quantitative estimate of drug-likeness (QED) is 0.614. The third kappa shape index (κ3) is 2.15. The molecule has 0 saturated heterocycles. The van der Waals surface area contributed by atoms with Crippen molar-refractivity contribution in [2.45, 2.75) is 11.8 Å². The van der Waals surface area contributed by atoms with Crippen LogP contribution in [0.5, 0.6) is 0 Å². The molecular formula is C11H8F4O. The van der Waals surface area contributed by atoms with Gasteiger partial charge in [-0.25, -0.2) is 4.39 Å². The van der Waals surface area contributed by atoms with Gasteiger partial charge in [-0.15, -0.1) is 5.73 Å². The van der Waals surface area contributed by atoms with Crippen molar-refractivity contribution in [3.63, 3.8) is 0 Å². The molecule has 1 nitrogen and oxygen atoms in total. The maximum absolute atomic E-state index is 12.6. The summed E-state index contributed by atoms with van der Waals surface area (Å²) in [4.78, 5) is 0. The highest BCUT2D eigenvalue weighted by Crippen LogP contribution is 2.39. The molecule has 0 aromatic heterocycles. The van der Waals surface area contributed by atoms with Gasteiger partial charge in [-0.2, -0.15) is 13.2 Å². The number of halogens is 4. The van der Waals surface area contributed by atoms with E-state index in [9.17, 15) is 22.7 Å². The number of hydrogen-bond donors (Lipinski definition) is 1. The smallest absolute Gasteiger partial charge is 0.372 e. The fraction of sp³-hybridized carbons (Fsp3) is 0.182. The van der Waals surface area contributed by atoms with Crippen LogP contribution in [0.25, 0.3) is 0 Å². The highest BCUT2D eigenvalue weighted by atomic mass is 19.4. The highest BCUT2D eigenvalue weighted by Gasteiger charge is 2.53. The van der Waals surface area contributed by atoms with Crippen LogP contribution in [0.4, 0.5) is 17.6 Å². The second kappa shape index (κ2) is 4.12. The molecule has 0 saturated carbocycles. The number of aliphatic hydroxyl groups is 1. The molecule has 0 aliphatic rings. The first-order valence-electron chi connectivity index (χ1n) is 4.23. The monoisotopic (exact) mass is 232 g/mol. The van der Waals surface area contributed by atoms with Gasteiger partial charge in [0.2, 0.25) is 5.60 Å². The molecule has 1 aromatic carbocycles. The van der Waals surface area contributed by atoms with E-state index in [2.05, 4.69) is 6.58 Å². The zero-order valence-corrected chi connectivity index (χ0v) is 8.05. The molecule has 0 unspecified atom stereocenters. The zero-order chi connectivity index (χ0) is 12.4. The molecule has 1 aromatic rings. The molecule has 86 valence electrons. The second-order valence-corrected chi connectivity index (χ2v) is 3.12. The summed E-state index contributed by atoms with van der Waals surface area (Å²) in [5.41, 5.74) is -1.79. The van der Waals surface area contributed by atoms with E-state index in [1.165, 1.54) is 0 Å². The van der Waals surface area contributed by atoms with Gasteiger partial charge in [-0.3, -0.25) is 0 Å². The topological polar surface area (TPSA) is 20.2 Å². The molecule has 16 heavy (non-hydrogen) atoms. The lowest BCUT2D eigenvalue weighted by Crippen LogP contribution is -2.40. The lowest BCUT2D eigenvalue weighted by Gasteiger charge is -2.27. The average molecular weight is 232 g/mol. The molecular weight excluding hydrogens is 224 g/mol. The van der Waals surface area contributed by atoms with E-state index >= 15 is 0 Å². The van der Waals surface area contributed by atoms with Gasteiger partial charge in [0.05, 0.1) is 0 Å². The number of rotatable bonds is 2. The minimum atomic E-state index is -4.92. The van der Waals surface area contributed by atoms with E-state index in [0.29, 0.717) is 6.08 Å². The zero-order valence-electron chi connectivity index (χ0n) is 8.05. The van der Waals surface area contributed by atoms with Crippen molar-refractivity contribution in [1.29, 1.82) is 0 Å². The Kier molecular flexibility index (Phi) is 3.21. The Morgan fingerprint density at radius 3 is 2.06 bits per heavy atom. The summed E-state index contributed by atoms with van der Waals surface area (Å²) >= 11 is 0. The second-order valence-electron chi connectivity index (χ2n) is 3.12. The highest BCUT2D eigenvalue weighted by molar-refractivity contribution is 5.29. The van der Waals surface area contributed by atoms with Crippen molar-refractivity contribution in [2.24, 2.45) is 0 Å². The third-order valence-electron chi connectivity index (χ3n) is 2.03. The molecule has 0 fully saturated rings. The predicted octanol–water partition coefficient (Wildman–Crippen LogP) is 2.92. The van der Waals surface area contributed by atoms with Crippen molar-refractivity contribution < 1.29 is 22.7 Å². The Balaban J connectivity index is 3.33. The lowest BCUT2D eigenvalue weighted by atomic mass is 9.93. The molecule has 0 radical (unpaired) electrons. The van der Waals surface area contributed by atoms with E-state index < -0.39 is 23.2 Å². The van der Waals surface area contributed by atoms with Crippen LogP contribution in [-0.2, 0) is 5.60 Å². The van der Waals surface area contributed by atoms with Gasteiger partial charge in [0.15, 0.2) is 0 Å². The van der Waals surface area contributed by atoms with Crippen molar-refractivity contribution in [3.8, 4) is 0 Å². The lowest BCUT2D eigenvalue weighted by molar-refractivity contribution is -0.245. The fourth-order valence-electron chi connectivity index (χ4n) is 1.18. The number of alkyl halides is 3. The normalized spacial score (nSPS) is 15.1. The third-order valence-corrected chi connectivity index (χ3v) is 2.03. The van der Waals surface area contributed by atoms with E-state index in [4.69, 9.17) is 0 Å². The summed E-state index contributed by atoms with van der Waals surface area (Å²) in [6.45, 7) is 2.99. The first-order valence-corrected chi connectivity index (χ1v) is 4.23. The number of benzene rings is 1. The van der Waals surface area contributed by atoms with Gasteiger partial charge in [-0.05, 0) is 17.7 Å². The predicted molar refractivity (Wildman–Crippen MR) is 50.1 cm³/mol. The van der Waals surface area contributed by atoms with Gasteiger partial charge >= 0.3 is 6.18 Å².